The number of amides is 3. The third-order valence-electron chi connectivity index (χ3n) is 6.26. The lowest BCUT2D eigenvalue weighted by Crippen LogP contribution is -2.54. The molecule has 6 nitrogen and oxygen atoms in total. The van der Waals surface area contributed by atoms with Crippen LogP contribution in [0, 0.1) is 5.92 Å². The van der Waals surface area contributed by atoms with Crippen LogP contribution in [0.4, 0.5) is 11.4 Å². The smallest absolute Gasteiger partial charge is 0.251 e. The second-order valence-electron chi connectivity index (χ2n) is 8.01. The van der Waals surface area contributed by atoms with Crippen LogP contribution in [-0.2, 0) is 14.4 Å². The Hall–Kier alpha value is -2.21. The number of nitrogens with one attached hydrogen (secondary N) is 1. The van der Waals surface area contributed by atoms with Crippen LogP contribution in [0.1, 0.15) is 51.9 Å². The maximum absolute atomic E-state index is 13.1. The molecule has 27 heavy (non-hydrogen) atoms. The summed E-state index contributed by atoms with van der Waals surface area (Å²) in [5.41, 5.74) is 1.24. The number of rotatable bonds is 3. The predicted octanol–water partition coefficient (Wildman–Crippen LogP) is 2.93. The molecule has 0 bridgehead atoms. The highest BCUT2D eigenvalue weighted by molar-refractivity contribution is 6.22. The summed E-state index contributed by atoms with van der Waals surface area (Å²) in [6.45, 7) is 2.36. The number of fused-ring (bicyclic) bond motifs is 1. The summed E-state index contributed by atoms with van der Waals surface area (Å²) in [6.07, 6.45) is 7.56. The van der Waals surface area contributed by atoms with E-state index in [0.29, 0.717) is 23.3 Å². The lowest BCUT2D eigenvalue weighted by Gasteiger charge is -2.46. The van der Waals surface area contributed by atoms with Gasteiger partial charge in [-0.2, -0.15) is 0 Å². The monoisotopic (exact) mass is 369 g/mol. The van der Waals surface area contributed by atoms with Crippen molar-refractivity contribution in [3.8, 4) is 0 Å². The molecule has 0 radical (unpaired) electrons. The number of carbonyl (C=O) groups is 3. The molecule has 1 aliphatic carbocycles. The van der Waals surface area contributed by atoms with Crippen molar-refractivity contribution < 1.29 is 14.4 Å². The van der Waals surface area contributed by atoms with Crippen molar-refractivity contribution in [2.45, 2.75) is 64.0 Å². The Morgan fingerprint density at radius 1 is 1.04 bits per heavy atom. The van der Waals surface area contributed by atoms with Crippen LogP contribution in [0.25, 0.3) is 0 Å². The molecule has 2 heterocycles. The van der Waals surface area contributed by atoms with Crippen LogP contribution < -0.4 is 10.2 Å². The van der Waals surface area contributed by atoms with Crippen molar-refractivity contribution >= 4 is 29.1 Å². The minimum Gasteiger partial charge on any atom is -0.326 e. The minimum atomic E-state index is -0.321. The van der Waals surface area contributed by atoms with Gasteiger partial charge in [0.1, 0.15) is 0 Å². The molecule has 0 aromatic heterocycles. The first kappa shape index (κ1) is 18.2. The van der Waals surface area contributed by atoms with Gasteiger partial charge >= 0.3 is 0 Å². The number of imide groups is 1. The van der Waals surface area contributed by atoms with E-state index in [4.69, 9.17) is 0 Å². The van der Waals surface area contributed by atoms with E-state index < -0.39 is 0 Å². The van der Waals surface area contributed by atoms with E-state index in [9.17, 15) is 14.4 Å². The van der Waals surface area contributed by atoms with Crippen LogP contribution >= 0.6 is 0 Å². The zero-order valence-electron chi connectivity index (χ0n) is 15.8. The molecule has 3 amide bonds. The maximum Gasteiger partial charge on any atom is 0.251 e. The zero-order chi connectivity index (χ0) is 19.0. The van der Waals surface area contributed by atoms with E-state index in [2.05, 4.69) is 10.2 Å². The van der Waals surface area contributed by atoms with Gasteiger partial charge in [0.05, 0.1) is 18.2 Å². The molecule has 0 spiro atoms. The predicted molar refractivity (Wildman–Crippen MR) is 103 cm³/mol. The molecule has 1 aromatic carbocycles. The summed E-state index contributed by atoms with van der Waals surface area (Å²) in [5.74, 6) is 0.304. The van der Waals surface area contributed by atoms with Gasteiger partial charge in [-0.3, -0.25) is 19.3 Å². The highest BCUT2D eigenvalue weighted by Gasteiger charge is 2.47. The third kappa shape index (κ3) is 3.50. The van der Waals surface area contributed by atoms with Crippen LogP contribution in [0.3, 0.4) is 0 Å². The van der Waals surface area contributed by atoms with Gasteiger partial charge in [-0.05, 0) is 62.4 Å². The van der Waals surface area contributed by atoms with Gasteiger partial charge in [0.15, 0.2) is 0 Å². The second-order valence-corrected chi connectivity index (χ2v) is 8.01. The molecule has 2 saturated heterocycles. The number of hydrogen-bond donors (Lipinski definition) is 1. The summed E-state index contributed by atoms with van der Waals surface area (Å²) in [5, 5.41) is 2.70. The highest BCUT2D eigenvalue weighted by atomic mass is 16.2. The molecule has 3 atom stereocenters. The number of anilines is 2. The zero-order valence-corrected chi connectivity index (χ0v) is 15.8. The quantitative estimate of drug-likeness (QED) is 0.832. The topological polar surface area (TPSA) is 69.7 Å². The Morgan fingerprint density at radius 2 is 1.74 bits per heavy atom. The van der Waals surface area contributed by atoms with Gasteiger partial charge in [-0.15, -0.1) is 0 Å². The molecular weight excluding hydrogens is 342 g/mol. The van der Waals surface area contributed by atoms with E-state index in [1.807, 2.05) is 0 Å². The Balaban J connectivity index is 1.52. The Morgan fingerprint density at radius 3 is 2.48 bits per heavy atom. The molecule has 144 valence electrons. The molecule has 3 fully saturated rings. The van der Waals surface area contributed by atoms with Crippen LogP contribution in [0.5, 0.6) is 0 Å². The highest BCUT2D eigenvalue weighted by Crippen LogP contribution is 2.38. The van der Waals surface area contributed by atoms with E-state index in [-0.39, 0.29) is 30.2 Å². The minimum absolute atomic E-state index is 0.0986. The van der Waals surface area contributed by atoms with Gasteiger partial charge in [0, 0.05) is 18.7 Å². The molecule has 1 N–H and O–H groups in total. The molecule has 0 unspecified atom stereocenters. The summed E-state index contributed by atoms with van der Waals surface area (Å²) < 4.78 is 0. The first-order valence-corrected chi connectivity index (χ1v) is 10.0. The van der Waals surface area contributed by atoms with Crippen molar-refractivity contribution in [3.05, 3.63) is 24.3 Å². The van der Waals surface area contributed by atoms with Crippen molar-refractivity contribution in [1.29, 1.82) is 0 Å². The molecule has 3 aliphatic rings. The summed E-state index contributed by atoms with van der Waals surface area (Å²) in [6, 6.07) is 7.03. The van der Waals surface area contributed by atoms with E-state index >= 15 is 0 Å². The number of likely N-dealkylation sites (tertiary alicyclic amines) is 1. The van der Waals surface area contributed by atoms with Crippen LogP contribution in [0.2, 0.25) is 0 Å². The third-order valence-corrected chi connectivity index (χ3v) is 6.26. The fraction of sp³-hybridized carbons (Fsp3) is 0.571. The molecule has 1 saturated carbocycles. The van der Waals surface area contributed by atoms with Crippen molar-refractivity contribution in [1.82, 2.24) is 4.90 Å². The van der Waals surface area contributed by atoms with Crippen molar-refractivity contribution in [2.75, 3.05) is 16.8 Å². The van der Waals surface area contributed by atoms with E-state index in [0.717, 1.165) is 19.4 Å². The molecule has 2 aliphatic heterocycles. The summed E-state index contributed by atoms with van der Waals surface area (Å²) >= 11 is 0. The number of hydrogen-bond acceptors (Lipinski definition) is 4. The number of benzene rings is 1. The molecule has 4 rings (SSSR count). The lowest BCUT2D eigenvalue weighted by molar-refractivity contribution is -0.124. The standard InChI is InChI=1S/C21H27N3O3/c1-14(25)22-16-8-10-17(11-9-16)24-20(26)13-19(21(24)27)23-12-4-6-15-5-2-3-7-18(15)23/h8-11,15,18-19H,2-7,12-13H2,1H3,(H,22,25)/t15-,18+,19-/m0/s1. The fourth-order valence-electron chi connectivity index (χ4n) is 5.09. The molecule has 6 heteroatoms. The molecular formula is C21H27N3O3. The van der Waals surface area contributed by atoms with Crippen LogP contribution in [-0.4, -0.2) is 41.2 Å². The van der Waals surface area contributed by atoms with E-state index in [1.54, 1.807) is 24.3 Å². The Labute approximate surface area is 159 Å². The molecule has 1 aromatic rings. The van der Waals surface area contributed by atoms with Gasteiger partial charge in [-0.25, -0.2) is 4.90 Å². The van der Waals surface area contributed by atoms with Crippen LogP contribution in [0.15, 0.2) is 24.3 Å². The van der Waals surface area contributed by atoms with Gasteiger partial charge in [0.2, 0.25) is 11.8 Å². The fourth-order valence-corrected chi connectivity index (χ4v) is 5.09. The summed E-state index contributed by atoms with van der Waals surface area (Å²) in [4.78, 5) is 40.6. The van der Waals surface area contributed by atoms with Gasteiger partial charge in [0.25, 0.3) is 5.91 Å². The van der Waals surface area contributed by atoms with Gasteiger partial charge < -0.3 is 5.32 Å². The van der Waals surface area contributed by atoms with Gasteiger partial charge in [-0.1, -0.05) is 12.8 Å². The number of piperidine rings is 1. The first-order valence-electron chi connectivity index (χ1n) is 10.0. The maximum atomic E-state index is 13.1. The lowest BCUT2D eigenvalue weighted by atomic mass is 9.77. The average molecular weight is 369 g/mol. The van der Waals surface area contributed by atoms with Crippen molar-refractivity contribution in [2.24, 2.45) is 5.92 Å². The first-order chi connectivity index (χ1) is 13.0. The number of nitrogens with zero attached hydrogens (tertiary/aromatic N) is 2. The summed E-state index contributed by atoms with van der Waals surface area (Å²) in [7, 11) is 0. The van der Waals surface area contributed by atoms with Crippen molar-refractivity contribution in [3.63, 3.8) is 0 Å². The number of carbonyl (C=O) groups excluding carboxylic acids is 3. The largest absolute Gasteiger partial charge is 0.326 e. The van der Waals surface area contributed by atoms with E-state index in [1.165, 1.54) is 37.5 Å². The second kappa shape index (κ2) is 7.43. The normalized spacial score (nSPS) is 28.9. The Kier molecular flexibility index (Phi) is 5.00. The SMILES string of the molecule is CC(=O)Nc1ccc(N2C(=O)C[C@H](N3CCC[C@@H]4CCCC[C@H]43)C2=O)cc1. The average Bonchev–Trinajstić information content (AvgIpc) is 2.96. The Bertz CT molecular complexity index is 744.